The Morgan fingerprint density at radius 1 is 1.35 bits per heavy atom. The summed E-state index contributed by atoms with van der Waals surface area (Å²) in [6, 6.07) is 0. The third-order valence-corrected chi connectivity index (χ3v) is 2.28. The zero-order valence-electron chi connectivity index (χ0n) is 11.6. The second-order valence-electron chi connectivity index (χ2n) is 3.78. The van der Waals surface area contributed by atoms with Gasteiger partial charge in [0.25, 0.3) is 0 Å². The minimum Gasteiger partial charge on any atom is -0.465 e. The Balaban J connectivity index is 3.00. The summed E-state index contributed by atoms with van der Waals surface area (Å²) in [5.74, 6) is -0.253. The average Bonchev–Trinajstić information content (AvgIpc) is 2.36. The third kappa shape index (κ3) is 4.04. The van der Waals surface area contributed by atoms with Gasteiger partial charge in [0, 0.05) is 6.54 Å². The highest BCUT2D eigenvalue weighted by Gasteiger charge is 2.22. The monoisotopic (exact) mass is 283 g/mol. The second-order valence-corrected chi connectivity index (χ2v) is 3.78. The Morgan fingerprint density at radius 2 is 2.05 bits per heavy atom. The Kier molecular flexibility index (Phi) is 5.63. The first-order valence-electron chi connectivity index (χ1n) is 6.15. The number of aryl methyl sites for hydroxylation is 1. The van der Waals surface area contributed by atoms with Gasteiger partial charge in [0.2, 0.25) is 11.8 Å². The molecule has 1 aromatic rings. The molecular weight excluding hydrogens is 266 g/mol. The molecule has 1 rings (SSSR count). The highest BCUT2D eigenvalue weighted by Crippen LogP contribution is 2.26. The minimum atomic E-state index is -0.585. The van der Waals surface area contributed by atoms with E-state index in [1.807, 2.05) is 6.92 Å². The molecule has 9 heteroatoms. The lowest BCUT2D eigenvalue weighted by molar-refractivity contribution is -0.385. The molecule has 9 nitrogen and oxygen atoms in total. The largest absolute Gasteiger partial charge is 0.465 e. The van der Waals surface area contributed by atoms with Crippen molar-refractivity contribution < 1.29 is 14.5 Å². The molecule has 0 amide bonds. The van der Waals surface area contributed by atoms with Crippen molar-refractivity contribution in [3.8, 4) is 0 Å². The van der Waals surface area contributed by atoms with E-state index in [4.69, 9.17) is 4.74 Å². The smallest absolute Gasteiger partial charge is 0.332 e. The number of hydrogen-bond donors (Lipinski definition) is 2. The van der Waals surface area contributed by atoms with E-state index >= 15 is 0 Å². The standard InChI is InChI=1S/C11H17N5O4/c1-4-12-11-14-7(3)9(16(18)19)10(15-11)13-6-8(17)20-5-2/h4-6H2,1-3H3,(H2,12,13,14,15). The highest BCUT2D eigenvalue weighted by atomic mass is 16.6. The van der Waals surface area contributed by atoms with Gasteiger partial charge in [-0.3, -0.25) is 14.9 Å². The van der Waals surface area contributed by atoms with E-state index in [0.29, 0.717) is 6.54 Å². The van der Waals surface area contributed by atoms with Gasteiger partial charge in [-0.25, -0.2) is 4.98 Å². The van der Waals surface area contributed by atoms with Crippen LogP contribution in [0.5, 0.6) is 0 Å². The van der Waals surface area contributed by atoms with Crippen molar-refractivity contribution in [2.75, 3.05) is 30.3 Å². The number of aromatic nitrogens is 2. The lowest BCUT2D eigenvalue weighted by Gasteiger charge is -2.09. The number of carbonyl (C=O) groups excluding carboxylic acids is 1. The van der Waals surface area contributed by atoms with Crippen LogP contribution in [0.25, 0.3) is 0 Å². The molecule has 0 radical (unpaired) electrons. The van der Waals surface area contributed by atoms with Crippen molar-refractivity contribution in [1.82, 2.24) is 9.97 Å². The van der Waals surface area contributed by atoms with Crippen molar-refractivity contribution in [3.63, 3.8) is 0 Å². The van der Waals surface area contributed by atoms with Crippen molar-refractivity contribution in [1.29, 1.82) is 0 Å². The number of carbonyl (C=O) groups is 1. The Morgan fingerprint density at radius 3 is 2.60 bits per heavy atom. The van der Waals surface area contributed by atoms with Crippen LogP contribution < -0.4 is 10.6 Å². The maximum Gasteiger partial charge on any atom is 0.332 e. The maximum atomic E-state index is 11.3. The van der Waals surface area contributed by atoms with Crippen LogP contribution in [0.1, 0.15) is 19.5 Å². The Hall–Kier alpha value is -2.45. The van der Waals surface area contributed by atoms with Crippen LogP contribution in [0.4, 0.5) is 17.5 Å². The van der Waals surface area contributed by atoms with Crippen LogP contribution in [-0.4, -0.2) is 40.6 Å². The summed E-state index contributed by atoms with van der Waals surface area (Å²) >= 11 is 0. The van der Waals surface area contributed by atoms with E-state index in [1.165, 1.54) is 6.92 Å². The molecule has 0 saturated carbocycles. The van der Waals surface area contributed by atoms with E-state index in [2.05, 4.69) is 20.6 Å². The lowest BCUT2D eigenvalue weighted by Crippen LogP contribution is -2.19. The molecule has 0 aromatic carbocycles. The molecule has 0 unspecified atom stereocenters. The van der Waals surface area contributed by atoms with Gasteiger partial charge in [0.15, 0.2) is 0 Å². The highest BCUT2D eigenvalue weighted by molar-refractivity contribution is 5.76. The molecule has 0 atom stereocenters. The number of nitrogens with one attached hydrogen (secondary N) is 2. The van der Waals surface area contributed by atoms with E-state index in [1.54, 1.807) is 6.92 Å². The normalized spacial score (nSPS) is 9.95. The average molecular weight is 283 g/mol. The molecule has 0 bridgehead atoms. The van der Waals surface area contributed by atoms with Gasteiger partial charge in [-0.15, -0.1) is 0 Å². The van der Waals surface area contributed by atoms with Crippen molar-refractivity contribution >= 4 is 23.4 Å². The van der Waals surface area contributed by atoms with Crippen LogP contribution in [0.15, 0.2) is 0 Å². The fraction of sp³-hybridized carbons (Fsp3) is 0.545. The van der Waals surface area contributed by atoms with Gasteiger partial charge < -0.3 is 15.4 Å². The van der Waals surface area contributed by atoms with Gasteiger partial charge in [-0.05, 0) is 20.8 Å². The molecule has 0 spiro atoms. The van der Waals surface area contributed by atoms with Gasteiger partial charge in [0.1, 0.15) is 12.2 Å². The SMILES string of the molecule is CCNc1nc(C)c([N+](=O)[O-])c(NCC(=O)OCC)n1. The Labute approximate surface area is 115 Å². The number of hydrogen-bond acceptors (Lipinski definition) is 8. The molecule has 110 valence electrons. The van der Waals surface area contributed by atoms with Crippen molar-refractivity contribution in [2.24, 2.45) is 0 Å². The summed E-state index contributed by atoms with van der Waals surface area (Å²) < 4.78 is 4.74. The van der Waals surface area contributed by atoms with Gasteiger partial charge in [0.05, 0.1) is 11.5 Å². The summed E-state index contributed by atoms with van der Waals surface area (Å²) in [6.45, 7) is 5.67. The first kappa shape index (κ1) is 15.6. The topological polar surface area (TPSA) is 119 Å². The lowest BCUT2D eigenvalue weighted by atomic mass is 10.3. The van der Waals surface area contributed by atoms with Crippen LogP contribution in [0.2, 0.25) is 0 Å². The van der Waals surface area contributed by atoms with Crippen LogP contribution >= 0.6 is 0 Å². The summed E-state index contributed by atoms with van der Waals surface area (Å²) in [6.07, 6.45) is 0. The molecule has 0 fully saturated rings. The van der Waals surface area contributed by atoms with E-state index in [0.717, 1.165) is 0 Å². The van der Waals surface area contributed by atoms with Crippen LogP contribution in [0, 0.1) is 17.0 Å². The van der Waals surface area contributed by atoms with Crippen LogP contribution in [0.3, 0.4) is 0 Å². The summed E-state index contributed by atoms with van der Waals surface area (Å²) in [5, 5.41) is 16.5. The number of anilines is 2. The molecule has 0 aliphatic carbocycles. The van der Waals surface area contributed by atoms with Gasteiger partial charge in [-0.1, -0.05) is 0 Å². The zero-order chi connectivity index (χ0) is 15.1. The first-order valence-corrected chi connectivity index (χ1v) is 6.15. The molecule has 2 N–H and O–H groups in total. The molecule has 1 heterocycles. The predicted octanol–water partition coefficient (Wildman–Crippen LogP) is 1.10. The maximum absolute atomic E-state index is 11.3. The predicted molar refractivity (Wildman–Crippen MR) is 72.7 cm³/mol. The Bertz CT molecular complexity index is 506. The van der Waals surface area contributed by atoms with E-state index in [-0.39, 0.29) is 36.3 Å². The quantitative estimate of drug-likeness (QED) is 0.433. The molecule has 1 aromatic heterocycles. The fourth-order valence-electron chi connectivity index (χ4n) is 1.51. The summed E-state index contributed by atoms with van der Waals surface area (Å²) in [4.78, 5) is 29.7. The molecule has 0 aliphatic heterocycles. The molecule has 0 aliphatic rings. The van der Waals surface area contributed by atoms with Gasteiger partial charge in [-0.2, -0.15) is 4.98 Å². The summed E-state index contributed by atoms with van der Waals surface area (Å²) in [7, 11) is 0. The fourth-order valence-corrected chi connectivity index (χ4v) is 1.51. The van der Waals surface area contributed by atoms with Gasteiger partial charge >= 0.3 is 11.7 Å². The number of nitro groups is 1. The second kappa shape index (κ2) is 7.22. The molecular formula is C11H17N5O4. The molecule has 0 saturated heterocycles. The van der Waals surface area contributed by atoms with Crippen molar-refractivity contribution in [2.45, 2.75) is 20.8 Å². The minimum absolute atomic E-state index is 0.00787. The number of nitrogens with zero attached hydrogens (tertiary/aromatic N) is 3. The van der Waals surface area contributed by atoms with E-state index in [9.17, 15) is 14.9 Å². The third-order valence-electron chi connectivity index (χ3n) is 2.28. The zero-order valence-corrected chi connectivity index (χ0v) is 11.6. The van der Waals surface area contributed by atoms with Crippen LogP contribution in [-0.2, 0) is 9.53 Å². The number of ether oxygens (including phenoxy) is 1. The number of esters is 1. The number of rotatable bonds is 7. The van der Waals surface area contributed by atoms with E-state index < -0.39 is 10.9 Å². The first-order chi connectivity index (χ1) is 9.49. The van der Waals surface area contributed by atoms with Crippen molar-refractivity contribution in [3.05, 3.63) is 15.8 Å². The molecule has 20 heavy (non-hydrogen) atoms. The summed E-state index contributed by atoms with van der Waals surface area (Å²) in [5.41, 5.74) is -0.0386.